The molecule has 17 heavy (non-hydrogen) atoms. The molecule has 1 aromatic heterocycles. The molecular formula is C14H21BrOS. The van der Waals surface area contributed by atoms with Crippen LogP contribution in [0.1, 0.15) is 44.4 Å². The molecule has 0 amide bonds. The highest BCUT2D eigenvalue weighted by Crippen LogP contribution is 2.43. The van der Waals surface area contributed by atoms with Gasteiger partial charge in [-0.05, 0) is 51.6 Å². The van der Waals surface area contributed by atoms with Crippen molar-refractivity contribution in [3.63, 3.8) is 0 Å². The minimum Gasteiger partial charge on any atom is -0.392 e. The molecule has 1 saturated carbocycles. The smallest absolute Gasteiger partial charge is 0.0622 e. The molecule has 1 aromatic rings. The van der Waals surface area contributed by atoms with Crippen molar-refractivity contribution in [3.8, 4) is 0 Å². The minimum atomic E-state index is -0.194. The largest absolute Gasteiger partial charge is 0.392 e. The highest BCUT2D eigenvalue weighted by Gasteiger charge is 2.36. The van der Waals surface area contributed by atoms with Crippen LogP contribution in [-0.4, -0.2) is 11.2 Å². The molecular weight excluding hydrogens is 296 g/mol. The summed E-state index contributed by atoms with van der Waals surface area (Å²) in [5.74, 6) is 0.449. The third-order valence-corrected chi connectivity index (χ3v) is 6.09. The number of aliphatic hydroxyl groups excluding tert-OH is 1. The average Bonchev–Trinajstić information content (AvgIpc) is 2.63. The fraction of sp³-hybridized carbons (Fsp3) is 0.714. The lowest BCUT2D eigenvalue weighted by atomic mass is 9.66. The molecule has 1 fully saturated rings. The van der Waals surface area contributed by atoms with Gasteiger partial charge in [-0.3, -0.25) is 0 Å². The van der Waals surface area contributed by atoms with E-state index < -0.39 is 0 Å². The Morgan fingerprint density at radius 2 is 2.29 bits per heavy atom. The number of rotatable bonds is 3. The van der Waals surface area contributed by atoms with E-state index in [1.807, 2.05) is 0 Å². The van der Waals surface area contributed by atoms with Crippen molar-refractivity contribution >= 4 is 27.3 Å². The van der Waals surface area contributed by atoms with Crippen molar-refractivity contribution in [3.05, 3.63) is 20.8 Å². The van der Waals surface area contributed by atoms with Crippen molar-refractivity contribution in [2.75, 3.05) is 0 Å². The summed E-state index contributed by atoms with van der Waals surface area (Å²) < 4.78 is 1.15. The monoisotopic (exact) mass is 316 g/mol. The topological polar surface area (TPSA) is 20.2 Å². The zero-order chi connectivity index (χ0) is 12.5. The van der Waals surface area contributed by atoms with Crippen LogP contribution in [-0.2, 0) is 6.42 Å². The summed E-state index contributed by atoms with van der Waals surface area (Å²) in [4.78, 5) is 1.28. The molecule has 0 radical (unpaired) electrons. The van der Waals surface area contributed by atoms with E-state index in [2.05, 4.69) is 41.2 Å². The van der Waals surface area contributed by atoms with Crippen LogP contribution in [0.3, 0.4) is 0 Å². The van der Waals surface area contributed by atoms with E-state index in [1.165, 1.54) is 30.6 Å². The number of thiophene rings is 1. The predicted molar refractivity (Wildman–Crippen MR) is 77.5 cm³/mol. The van der Waals surface area contributed by atoms with Gasteiger partial charge in [-0.2, -0.15) is 0 Å². The van der Waals surface area contributed by atoms with Gasteiger partial charge < -0.3 is 5.11 Å². The molecule has 1 nitrogen and oxygen atoms in total. The Kier molecular flexibility index (Phi) is 4.32. The second-order valence-electron chi connectivity index (χ2n) is 5.80. The first-order valence-corrected chi connectivity index (χ1v) is 8.08. The van der Waals surface area contributed by atoms with Gasteiger partial charge in [0.25, 0.3) is 0 Å². The zero-order valence-corrected chi connectivity index (χ0v) is 13.0. The van der Waals surface area contributed by atoms with Crippen LogP contribution < -0.4 is 0 Å². The quantitative estimate of drug-likeness (QED) is 0.862. The summed E-state index contributed by atoms with van der Waals surface area (Å²) in [6.45, 7) is 4.62. The van der Waals surface area contributed by atoms with Crippen molar-refractivity contribution in [1.82, 2.24) is 0 Å². The summed E-state index contributed by atoms with van der Waals surface area (Å²) in [6, 6.07) is 2.07. The van der Waals surface area contributed by atoms with Crippen LogP contribution in [0.5, 0.6) is 0 Å². The Labute approximate surface area is 116 Å². The molecule has 1 N–H and O–H groups in total. The molecule has 1 aliphatic rings. The van der Waals surface area contributed by atoms with E-state index >= 15 is 0 Å². The maximum Gasteiger partial charge on any atom is 0.0622 e. The zero-order valence-electron chi connectivity index (χ0n) is 10.6. The molecule has 0 spiro atoms. The number of aliphatic hydroxyl groups is 1. The van der Waals surface area contributed by atoms with Gasteiger partial charge in [-0.25, -0.2) is 0 Å². The van der Waals surface area contributed by atoms with Crippen LogP contribution in [0.2, 0.25) is 0 Å². The minimum absolute atomic E-state index is 0.194. The predicted octanol–water partition coefficient (Wildman–Crippen LogP) is 4.63. The second kappa shape index (κ2) is 5.41. The molecule has 3 heteroatoms. The van der Waals surface area contributed by atoms with Gasteiger partial charge >= 0.3 is 0 Å². The third kappa shape index (κ3) is 3.12. The van der Waals surface area contributed by atoms with Crippen molar-refractivity contribution in [2.24, 2.45) is 11.3 Å². The lowest BCUT2D eigenvalue weighted by Gasteiger charge is -2.41. The summed E-state index contributed by atoms with van der Waals surface area (Å²) in [5.41, 5.74) is 0.293. The van der Waals surface area contributed by atoms with Crippen molar-refractivity contribution in [1.29, 1.82) is 0 Å². The van der Waals surface area contributed by atoms with Gasteiger partial charge in [0.2, 0.25) is 0 Å². The van der Waals surface area contributed by atoms with Crippen LogP contribution in [0.4, 0.5) is 0 Å². The van der Waals surface area contributed by atoms with Crippen LogP contribution in [0.25, 0.3) is 0 Å². The maximum atomic E-state index is 10.5. The van der Waals surface area contributed by atoms with E-state index in [9.17, 15) is 5.11 Å². The Balaban J connectivity index is 2.04. The highest BCUT2D eigenvalue weighted by molar-refractivity contribution is 9.10. The molecule has 2 rings (SSSR count). The highest BCUT2D eigenvalue weighted by atomic mass is 79.9. The van der Waals surface area contributed by atoms with E-state index in [0.29, 0.717) is 11.3 Å². The normalized spacial score (nSPS) is 25.8. The van der Waals surface area contributed by atoms with Crippen LogP contribution >= 0.6 is 27.3 Å². The lowest BCUT2D eigenvalue weighted by molar-refractivity contribution is 0.00615. The van der Waals surface area contributed by atoms with Gasteiger partial charge in [0, 0.05) is 15.8 Å². The molecule has 0 bridgehead atoms. The lowest BCUT2D eigenvalue weighted by Crippen LogP contribution is -2.37. The SMILES string of the molecule is CC1(C)CCCCC1C(O)Cc1sccc1Br. The van der Waals surface area contributed by atoms with Crippen molar-refractivity contribution in [2.45, 2.75) is 52.1 Å². The Morgan fingerprint density at radius 1 is 1.53 bits per heavy atom. The van der Waals surface area contributed by atoms with Gasteiger partial charge in [0.05, 0.1) is 6.10 Å². The van der Waals surface area contributed by atoms with E-state index in [4.69, 9.17) is 0 Å². The summed E-state index contributed by atoms with van der Waals surface area (Å²) in [7, 11) is 0. The fourth-order valence-electron chi connectivity index (χ4n) is 3.04. The summed E-state index contributed by atoms with van der Waals surface area (Å²) in [5, 5.41) is 12.6. The first kappa shape index (κ1) is 13.6. The molecule has 0 aromatic carbocycles. The first-order chi connectivity index (χ1) is 8.00. The van der Waals surface area contributed by atoms with Crippen LogP contribution in [0, 0.1) is 11.3 Å². The van der Waals surface area contributed by atoms with Crippen molar-refractivity contribution < 1.29 is 5.11 Å². The second-order valence-corrected chi connectivity index (χ2v) is 7.66. The standard InChI is InChI=1S/C14H21BrOS/c1-14(2)7-4-3-5-10(14)12(16)9-13-11(15)6-8-17-13/h6,8,10,12,16H,3-5,7,9H2,1-2H3. The molecule has 0 saturated heterocycles. The van der Waals surface area contributed by atoms with Gasteiger partial charge in [-0.15, -0.1) is 11.3 Å². The Morgan fingerprint density at radius 3 is 2.88 bits per heavy atom. The molecule has 2 unspecified atom stereocenters. The maximum absolute atomic E-state index is 10.5. The van der Waals surface area contributed by atoms with E-state index in [-0.39, 0.29) is 6.10 Å². The number of hydrogen-bond acceptors (Lipinski definition) is 2. The number of halogens is 1. The molecule has 1 aliphatic carbocycles. The van der Waals surface area contributed by atoms with E-state index in [0.717, 1.165) is 10.9 Å². The van der Waals surface area contributed by atoms with E-state index in [1.54, 1.807) is 11.3 Å². The summed E-state index contributed by atoms with van der Waals surface area (Å²) in [6.07, 6.45) is 5.62. The molecule has 0 aliphatic heterocycles. The van der Waals surface area contributed by atoms with Crippen LogP contribution in [0.15, 0.2) is 15.9 Å². The Bertz CT molecular complexity index is 372. The van der Waals surface area contributed by atoms with Gasteiger partial charge in [0.1, 0.15) is 0 Å². The molecule has 96 valence electrons. The Hall–Kier alpha value is 0.140. The third-order valence-electron chi connectivity index (χ3n) is 4.14. The summed E-state index contributed by atoms with van der Waals surface area (Å²) >= 11 is 5.28. The fourth-order valence-corrected chi connectivity index (χ4v) is 4.60. The average molecular weight is 317 g/mol. The molecule has 2 atom stereocenters. The molecule has 1 heterocycles. The van der Waals surface area contributed by atoms with Gasteiger partial charge in [0.15, 0.2) is 0 Å². The first-order valence-electron chi connectivity index (χ1n) is 6.40. The number of hydrogen-bond donors (Lipinski definition) is 1. The van der Waals surface area contributed by atoms with Gasteiger partial charge in [-0.1, -0.05) is 26.7 Å².